The van der Waals surface area contributed by atoms with Gasteiger partial charge in [-0.2, -0.15) is 0 Å². The van der Waals surface area contributed by atoms with E-state index in [9.17, 15) is 15.0 Å². The molecule has 0 fully saturated rings. The van der Waals surface area contributed by atoms with Crippen LogP contribution in [0.5, 0.6) is 11.5 Å². The Morgan fingerprint density at radius 2 is 1.32 bits per heavy atom. The SMILES string of the molecule is O=C1Nc2c(Br)cccc2C1(c1ccc(O)cc1)c1ccc(O)cc1. The summed E-state index contributed by atoms with van der Waals surface area (Å²) < 4.78 is 0.804. The minimum absolute atomic E-state index is 0.137. The number of carbonyl (C=O) groups excluding carboxylic acids is 1. The molecule has 0 radical (unpaired) electrons. The standard InChI is InChI=1S/C20H14BrNO3/c21-17-3-1-2-16-18(17)22-19(25)20(16,12-4-8-14(23)9-5-12)13-6-10-15(24)11-7-13/h1-11,23-24H,(H,22,25). The van der Waals surface area contributed by atoms with Crippen molar-refractivity contribution in [3.8, 4) is 11.5 Å². The number of hydrogen-bond donors (Lipinski definition) is 3. The molecular formula is C20H14BrNO3. The van der Waals surface area contributed by atoms with Gasteiger partial charge >= 0.3 is 0 Å². The smallest absolute Gasteiger partial charge is 0.244 e. The predicted octanol–water partition coefficient (Wildman–Crippen LogP) is 4.15. The minimum Gasteiger partial charge on any atom is -0.508 e. The van der Waals surface area contributed by atoms with Crippen LogP contribution in [0.1, 0.15) is 16.7 Å². The monoisotopic (exact) mass is 395 g/mol. The Bertz CT molecular complexity index is 920. The average Bonchev–Trinajstić information content (AvgIpc) is 2.91. The summed E-state index contributed by atoms with van der Waals surface area (Å²) in [6.45, 7) is 0. The first-order valence-corrected chi connectivity index (χ1v) is 8.52. The van der Waals surface area contributed by atoms with Crippen molar-refractivity contribution >= 4 is 27.5 Å². The molecule has 3 N–H and O–H groups in total. The number of phenols is 2. The lowest BCUT2D eigenvalue weighted by molar-refractivity contribution is -0.118. The molecule has 0 spiro atoms. The second-order valence-electron chi connectivity index (χ2n) is 5.96. The van der Waals surface area contributed by atoms with Crippen LogP contribution in [0.15, 0.2) is 71.2 Å². The molecule has 0 unspecified atom stereocenters. The number of benzene rings is 3. The molecule has 3 aromatic carbocycles. The number of hydrogen-bond acceptors (Lipinski definition) is 3. The Labute approximate surface area is 152 Å². The Hall–Kier alpha value is -2.79. The van der Waals surface area contributed by atoms with Crippen molar-refractivity contribution in [3.05, 3.63) is 87.9 Å². The van der Waals surface area contributed by atoms with E-state index in [0.717, 1.165) is 26.9 Å². The molecule has 0 saturated carbocycles. The number of rotatable bonds is 2. The number of halogens is 1. The van der Waals surface area contributed by atoms with Crippen LogP contribution in [0, 0.1) is 0 Å². The topological polar surface area (TPSA) is 69.6 Å². The number of phenolic OH excluding ortho intramolecular Hbond substituents is 2. The van der Waals surface area contributed by atoms with E-state index < -0.39 is 5.41 Å². The fraction of sp³-hybridized carbons (Fsp3) is 0.0500. The zero-order valence-electron chi connectivity index (χ0n) is 13.0. The van der Waals surface area contributed by atoms with Gasteiger partial charge < -0.3 is 15.5 Å². The van der Waals surface area contributed by atoms with E-state index in [4.69, 9.17) is 0 Å². The Morgan fingerprint density at radius 1 is 0.800 bits per heavy atom. The zero-order valence-corrected chi connectivity index (χ0v) is 14.6. The van der Waals surface area contributed by atoms with Gasteiger partial charge in [-0.1, -0.05) is 36.4 Å². The highest BCUT2D eigenvalue weighted by Crippen LogP contribution is 2.50. The molecule has 0 bridgehead atoms. The third kappa shape index (κ3) is 2.23. The van der Waals surface area contributed by atoms with Crippen molar-refractivity contribution in [1.82, 2.24) is 0 Å². The molecule has 124 valence electrons. The van der Waals surface area contributed by atoms with Crippen molar-refractivity contribution < 1.29 is 15.0 Å². The fourth-order valence-electron chi connectivity index (χ4n) is 3.46. The van der Waals surface area contributed by atoms with E-state index >= 15 is 0 Å². The molecule has 4 nitrogen and oxygen atoms in total. The Balaban J connectivity index is 2.08. The summed E-state index contributed by atoms with van der Waals surface area (Å²) in [6.07, 6.45) is 0. The Kier molecular flexibility index (Phi) is 3.54. The summed E-state index contributed by atoms with van der Waals surface area (Å²) in [5, 5.41) is 22.3. The van der Waals surface area contributed by atoms with Crippen LogP contribution in [-0.4, -0.2) is 16.1 Å². The van der Waals surface area contributed by atoms with Crippen molar-refractivity contribution in [2.45, 2.75) is 5.41 Å². The van der Waals surface area contributed by atoms with Crippen LogP contribution < -0.4 is 5.32 Å². The number of carbonyl (C=O) groups is 1. The number of nitrogens with one attached hydrogen (secondary N) is 1. The van der Waals surface area contributed by atoms with E-state index in [0.29, 0.717) is 0 Å². The van der Waals surface area contributed by atoms with E-state index in [1.807, 2.05) is 18.2 Å². The van der Waals surface area contributed by atoms with Gasteiger partial charge in [-0.15, -0.1) is 0 Å². The van der Waals surface area contributed by atoms with Crippen LogP contribution in [0.4, 0.5) is 5.69 Å². The van der Waals surface area contributed by atoms with E-state index in [2.05, 4.69) is 21.2 Å². The van der Waals surface area contributed by atoms with Crippen molar-refractivity contribution in [2.24, 2.45) is 0 Å². The lowest BCUT2D eigenvalue weighted by atomic mass is 9.70. The Morgan fingerprint density at radius 3 is 1.84 bits per heavy atom. The molecule has 0 aromatic heterocycles. The highest BCUT2D eigenvalue weighted by atomic mass is 79.9. The number of para-hydroxylation sites is 1. The summed E-state index contributed by atoms with van der Waals surface area (Å²) >= 11 is 3.50. The molecule has 25 heavy (non-hydrogen) atoms. The largest absolute Gasteiger partial charge is 0.508 e. The van der Waals surface area contributed by atoms with E-state index in [1.165, 1.54) is 0 Å². The number of fused-ring (bicyclic) bond motifs is 1. The summed E-state index contributed by atoms with van der Waals surface area (Å²) in [5.41, 5.74) is 1.98. The molecule has 0 atom stereocenters. The maximum Gasteiger partial charge on any atom is 0.244 e. The second kappa shape index (κ2) is 5.63. The lowest BCUT2D eigenvalue weighted by Gasteiger charge is -2.29. The quantitative estimate of drug-likeness (QED) is 0.610. The second-order valence-corrected chi connectivity index (χ2v) is 6.81. The van der Waals surface area contributed by atoms with Crippen LogP contribution in [0.25, 0.3) is 0 Å². The van der Waals surface area contributed by atoms with Gasteiger partial charge in [-0.25, -0.2) is 0 Å². The third-order valence-electron chi connectivity index (χ3n) is 4.60. The van der Waals surface area contributed by atoms with Gasteiger partial charge in [0.15, 0.2) is 0 Å². The van der Waals surface area contributed by atoms with Crippen molar-refractivity contribution in [1.29, 1.82) is 0 Å². The normalized spacial score (nSPS) is 14.8. The van der Waals surface area contributed by atoms with Gasteiger partial charge in [0, 0.05) is 10.0 Å². The fourth-order valence-corrected chi connectivity index (χ4v) is 3.92. The average molecular weight is 396 g/mol. The molecule has 1 aliphatic heterocycles. The molecular weight excluding hydrogens is 382 g/mol. The van der Waals surface area contributed by atoms with Crippen LogP contribution in [-0.2, 0) is 10.2 Å². The molecule has 5 heteroatoms. The predicted molar refractivity (Wildman–Crippen MR) is 98.9 cm³/mol. The van der Waals surface area contributed by atoms with Crippen LogP contribution >= 0.6 is 15.9 Å². The number of aromatic hydroxyl groups is 2. The molecule has 1 amide bonds. The molecule has 0 aliphatic carbocycles. The highest BCUT2D eigenvalue weighted by molar-refractivity contribution is 9.10. The van der Waals surface area contributed by atoms with E-state index in [-0.39, 0.29) is 17.4 Å². The lowest BCUT2D eigenvalue weighted by Crippen LogP contribution is -2.36. The third-order valence-corrected chi connectivity index (χ3v) is 5.26. The highest BCUT2D eigenvalue weighted by Gasteiger charge is 2.50. The maximum absolute atomic E-state index is 13.2. The van der Waals surface area contributed by atoms with Gasteiger partial charge in [-0.05, 0) is 57.4 Å². The molecule has 1 heterocycles. The zero-order chi connectivity index (χ0) is 17.6. The van der Waals surface area contributed by atoms with Crippen molar-refractivity contribution in [3.63, 3.8) is 0 Å². The van der Waals surface area contributed by atoms with Crippen LogP contribution in [0.3, 0.4) is 0 Å². The molecule has 1 aliphatic rings. The van der Waals surface area contributed by atoms with Gasteiger partial charge in [0.1, 0.15) is 16.9 Å². The van der Waals surface area contributed by atoms with Gasteiger partial charge in [0.05, 0.1) is 5.69 Å². The van der Waals surface area contributed by atoms with Gasteiger partial charge in [-0.3, -0.25) is 4.79 Å². The van der Waals surface area contributed by atoms with Crippen molar-refractivity contribution in [2.75, 3.05) is 5.32 Å². The van der Waals surface area contributed by atoms with Gasteiger partial charge in [0.25, 0.3) is 0 Å². The first-order valence-electron chi connectivity index (χ1n) is 7.73. The minimum atomic E-state index is -1.06. The summed E-state index contributed by atoms with van der Waals surface area (Å²) in [6, 6.07) is 19.0. The molecule has 4 rings (SSSR count). The summed E-state index contributed by atoms with van der Waals surface area (Å²) in [4.78, 5) is 13.2. The molecule has 0 saturated heterocycles. The summed E-state index contributed by atoms with van der Waals surface area (Å²) in [5.74, 6) is 0.0979. The van der Waals surface area contributed by atoms with Crippen LogP contribution in [0.2, 0.25) is 0 Å². The van der Waals surface area contributed by atoms with E-state index in [1.54, 1.807) is 48.5 Å². The maximum atomic E-state index is 13.2. The first kappa shape index (κ1) is 15.7. The number of anilines is 1. The summed E-state index contributed by atoms with van der Waals surface area (Å²) in [7, 11) is 0. The number of amides is 1. The molecule has 3 aromatic rings. The van der Waals surface area contributed by atoms with Gasteiger partial charge in [0.2, 0.25) is 5.91 Å². The first-order chi connectivity index (χ1) is 12.0.